The Kier molecular flexibility index (Phi) is 6.57. The summed E-state index contributed by atoms with van der Waals surface area (Å²) in [5.74, 6) is -0.128. The van der Waals surface area contributed by atoms with Crippen LogP contribution in [0, 0.1) is 10.1 Å². The Morgan fingerprint density at radius 3 is 2.38 bits per heavy atom. The van der Waals surface area contributed by atoms with Gasteiger partial charge in [-0.3, -0.25) is 10.1 Å². The summed E-state index contributed by atoms with van der Waals surface area (Å²) in [6.45, 7) is 3.87. The largest absolute Gasteiger partial charge is 0.380 e. The summed E-state index contributed by atoms with van der Waals surface area (Å²) in [5, 5.41) is 14.1. The predicted molar refractivity (Wildman–Crippen MR) is 103 cm³/mol. The molecular formula is C17H20ClN3O4S. The topological polar surface area (TPSA) is 101 Å². The van der Waals surface area contributed by atoms with E-state index in [1.807, 2.05) is 12.1 Å². The van der Waals surface area contributed by atoms with Crippen LogP contribution in [0.25, 0.3) is 0 Å². The van der Waals surface area contributed by atoms with Crippen LogP contribution in [0.5, 0.6) is 0 Å². The van der Waals surface area contributed by atoms with E-state index in [1.54, 1.807) is 26.0 Å². The normalized spacial score (nSPS) is 11.5. The lowest BCUT2D eigenvalue weighted by Crippen LogP contribution is -2.31. The zero-order chi connectivity index (χ0) is 19.3. The first-order valence-electron chi connectivity index (χ1n) is 7.92. The maximum Gasteiger partial charge on any atom is 0.271 e. The third-order valence-electron chi connectivity index (χ3n) is 3.51. The minimum atomic E-state index is -3.44. The van der Waals surface area contributed by atoms with Gasteiger partial charge in [-0.2, -0.15) is 0 Å². The van der Waals surface area contributed by atoms with Crippen LogP contribution in [0.4, 0.5) is 11.4 Å². The Balaban J connectivity index is 2.15. The molecule has 0 aliphatic carbocycles. The van der Waals surface area contributed by atoms with Gasteiger partial charge in [-0.05, 0) is 31.0 Å². The molecule has 9 heteroatoms. The van der Waals surface area contributed by atoms with Crippen molar-refractivity contribution in [3.8, 4) is 0 Å². The van der Waals surface area contributed by atoms with Crippen molar-refractivity contribution in [2.24, 2.45) is 0 Å². The van der Waals surface area contributed by atoms with Gasteiger partial charge in [-0.1, -0.05) is 35.9 Å². The summed E-state index contributed by atoms with van der Waals surface area (Å²) < 4.78 is 26.9. The van der Waals surface area contributed by atoms with Crippen molar-refractivity contribution in [3.05, 3.63) is 68.7 Å². The van der Waals surface area contributed by atoms with E-state index in [4.69, 9.17) is 11.6 Å². The first kappa shape index (κ1) is 20.2. The van der Waals surface area contributed by atoms with Crippen molar-refractivity contribution in [1.29, 1.82) is 0 Å². The average Bonchev–Trinajstić information content (AvgIpc) is 2.53. The van der Waals surface area contributed by atoms with Crippen LogP contribution in [-0.4, -0.2) is 19.4 Å². The molecule has 0 aliphatic heterocycles. The molecule has 2 aromatic rings. The summed E-state index contributed by atoms with van der Waals surface area (Å²) in [6, 6.07) is 11.2. The number of anilines is 1. The molecule has 2 N–H and O–H groups in total. The Hall–Kier alpha value is -2.16. The molecule has 0 aromatic heterocycles. The fraction of sp³-hybridized carbons (Fsp3) is 0.294. The zero-order valence-electron chi connectivity index (χ0n) is 14.4. The summed E-state index contributed by atoms with van der Waals surface area (Å²) in [4.78, 5) is 10.2. The van der Waals surface area contributed by atoms with Crippen molar-refractivity contribution in [2.45, 2.75) is 32.2 Å². The van der Waals surface area contributed by atoms with Crippen molar-refractivity contribution < 1.29 is 13.3 Å². The van der Waals surface area contributed by atoms with E-state index in [0.29, 0.717) is 17.8 Å². The maximum absolute atomic E-state index is 12.2. The van der Waals surface area contributed by atoms with Gasteiger partial charge in [0.25, 0.3) is 5.69 Å². The van der Waals surface area contributed by atoms with Gasteiger partial charge in [-0.15, -0.1) is 0 Å². The monoisotopic (exact) mass is 397 g/mol. The van der Waals surface area contributed by atoms with Crippen LogP contribution in [0.1, 0.15) is 25.0 Å². The van der Waals surface area contributed by atoms with Crippen LogP contribution < -0.4 is 10.0 Å². The highest BCUT2D eigenvalue weighted by atomic mass is 35.5. The highest BCUT2D eigenvalue weighted by Crippen LogP contribution is 2.27. The van der Waals surface area contributed by atoms with E-state index in [9.17, 15) is 18.5 Å². The van der Waals surface area contributed by atoms with Crippen LogP contribution in [-0.2, 0) is 22.3 Å². The minimum absolute atomic E-state index is 0.0909. The Morgan fingerprint density at radius 1 is 1.15 bits per heavy atom. The molecule has 0 radical (unpaired) electrons. The molecule has 0 saturated carbocycles. The number of sulfonamides is 1. The molecule has 0 unspecified atom stereocenters. The molecule has 140 valence electrons. The third-order valence-corrected chi connectivity index (χ3v) is 5.35. The number of nitrogens with one attached hydrogen (secondary N) is 2. The maximum atomic E-state index is 12.2. The molecule has 0 fully saturated rings. The first-order chi connectivity index (χ1) is 12.2. The molecule has 26 heavy (non-hydrogen) atoms. The van der Waals surface area contributed by atoms with Gasteiger partial charge in [0, 0.05) is 24.7 Å². The summed E-state index contributed by atoms with van der Waals surface area (Å²) in [6.07, 6.45) is 0. The molecule has 0 amide bonds. The van der Waals surface area contributed by atoms with Crippen LogP contribution in [0.3, 0.4) is 0 Å². The molecular weight excluding hydrogens is 378 g/mol. The van der Waals surface area contributed by atoms with Crippen LogP contribution >= 0.6 is 11.6 Å². The molecule has 0 spiro atoms. The summed E-state index contributed by atoms with van der Waals surface area (Å²) >= 11 is 6.07. The van der Waals surface area contributed by atoms with Crippen LogP contribution in [0.15, 0.2) is 42.5 Å². The number of nitro benzene ring substituents is 1. The fourth-order valence-electron chi connectivity index (χ4n) is 2.43. The molecule has 0 aliphatic rings. The molecule has 2 aromatic carbocycles. The standard InChI is InChI=1S/C17H20ClN3O4S/c1-12(2)20-26(24,25)11-14-6-4-3-5-13(14)10-19-17-8-7-15(21(22)23)9-16(17)18/h3-9,12,19-20H,10-11H2,1-2H3. The van der Waals surface area contributed by atoms with Crippen molar-refractivity contribution in [1.82, 2.24) is 4.72 Å². The predicted octanol–water partition coefficient (Wildman–Crippen LogP) is 3.69. The van der Waals surface area contributed by atoms with Crippen molar-refractivity contribution in [3.63, 3.8) is 0 Å². The first-order valence-corrected chi connectivity index (χ1v) is 9.95. The van der Waals surface area contributed by atoms with Crippen LogP contribution in [0.2, 0.25) is 5.02 Å². The van der Waals surface area contributed by atoms with Gasteiger partial charge in [-0.25, -0.2) is 13.1 Å². The number of nitrogens with zero attached hydrogens (tertiary/aromatic N) is 1. The zero-order valence-corrected chi connectivity index (χ0v) is 16.0. The van der Waals surface area contributed by atoms with Crippen molar-refractivity contribution >= 4 is 33.0 Å². The van der Waals surface area contributed by atoms with Gasteiger partial charge in [0.15, 0.2) is 0 Å². The second-order valence-corrected chi connectivity index (χ2v) is 8.24. The number of nitro groups is 1. The number of non-ortho nitro benzene ring substituents is 1. The lowest BCUT2D eigenvalue weighted by Gasteiger charge is -2.14. The molecule has 0 saturated heterocycles. The summed E-state index contributed by atoms with van der Waals surface area (Å²) in [7, 11) is -3.44. The number of benzene rings is 2. The van der Waals surface area contributed by atoms with Gasteiger partial charge < -0.3 is 5.32 Å². The smallest absolute Gasteiger partial charge is 0.271 e. The molecule has 0 bridgehead atoms. The van der Waals surface area contributed by atoms with Gasteiger partial charge in [0.1, 0.15) is 0 Å². The number of rotatable bonds is 8. The van der Waals surface area contributed by atoms with E-state index < -0.39 is 14.9 Å². The minimum Gasteiger partial charge on any atom is -0.380 e. The Bertz CT molecular complexity index is 901. The fourth-order valence-corrected chi connectivity index (χ4v) is 4.16. The van der Waals surface area contributed by atoms with E-state index in [-0.39, 0.29) is 22.5 Å². The number of halogens is 1. The number of hydrogen-bond acceptors (Lipinski definition) is 5. The van der Waals surface area contributed by atoms with E-state index in [1.165, 1.54) is 18.2 Å². The summed E-state index contributed by atoms with van der Waals surface area (Å²) in [5.41, 5.74) is 1.92. The SMILES string of the molecule is CC(C)NS(=O)(=O)Cc1ccccc1CNc1ccc([N+](=O)[O-])cc1Cl. The van der Waals surface area contributed by atoms with Gasteiger partial charge in [0.2, 0.25) is 10.0 Å². The van der Waals surface area contributed by atoms with E-state index in [0.717, 1.165) is 5.56 Å². The number of hydrogen-bond donors (Lipinski definition) is 2. The quantitative estimate of drug-likeness (QED) is 0.522. The molecule has 7 nitrogen and oxygen atoms in total. The van der Waals surface area contributed by atoms with Gasteiger partial charge in [0.05, 0.1) is 21.4 Å². The second-order valence-electron chi connectivity index (χ2n) is 6.08. The van der Waals surface area contributed by atoms with Crippen molar-refractivity contribution in [2.75, 3.05) is 5.32 Å². The third kappa shape index (κ3) is 5.69. The van der Waals surface area contributed by atoms with E-state index in [2.05, 4.69) is 10.0 Å². The van der Waals surface area contributed by atoms with Gasteiger partial charge >= 0.3 is 0 Å². The Labute approximate surface area is 157 Å². The second kappa shape index (κ2) is 8.48. The Morgan fingerprint density at radius 2 is 1.81 bits per heavy atom. The molecule has 0 atom stereocenters. The molecule has 2 rings (SSSR count). The highest BCUT2D eigenvalue weighted by Gasteiger charge is 2.15. The lowest BCUT2D eigenvalue weighted by molar-refractivity contribution is -0.384. The van der Waals surface area contributed by atoms with E-state index >= 15 is 0 Å². The molecule has 0 heterocycles. The lowest BCUT2D eigenvalue weighted by atomic mass is 10.1. The highest BCUT2D eigenvalue weighted by molar-refractivity contribution is 7.88. The average molecular weight is 398 g/mol.